The zero-order chi connectivity index (χ0) is 14.5. The largest absolute Gasteiger partial charge is 2.00 e. The second-order valence-electron chi connectivity index (χ2n) is 3.30. The van der Waals surface area contributed by atoms with E-state index in [2.05, 4.69) is 0 Å². The third-order valence-electron chi connectivity index (χ3n) is 1.94. The minimum atomic E-state index is -5.17. The predicted molar refractivity (Wildman–Crippen MR) is 91.9 cm³/mol. The van der Waals surface area contributed by atoms with Gasteiger partial charge in [0, 0.05) is 34.7 Å². The van der Waals surface area contributed by atoms with Crippen LogP contribution >= 0.6 is 0 Å². The maximum Gasteiger partial charge on any atom is 2.00 e. The molecule has 17 heteroatoms. The molecule has 0 unspecified atom stereocenters. The van der Waals surface area contributed by atoms with Gasteiger partial charge in [0.25, 0.3) is 0 Å². The topological polar surface area (TPSA) is 362 Å². The van der Waals surface area contributed by atoms with Gasteiger partial charge in [-0.1, -0.05) is 0 Å². The van der Waals surface area contributed by atoms with Crippen molar-refractivity contribution in [2.75, 3.05) is 0 Å². The minimum absolute atomic E-state index is 0. The predicted octanol–water partition coefficient (Wildman–Crippen LogP) is -6.98. The molecule has 0 aromatic carbocycles. The third-order valence-corrected chi connectivity index (χ3v) is 1.94. The second-order valence-corrected chi connectivity index (χ2v) is 4.12. The summed E-state index contributed by atoms with van der Waals surface area (Å²) in [6.07, 6.45) is 5.70. The summed E-state index contributed by atoms with van der Waals surface area (Å²) >= 11 is 0. The quantitative estimate of drug-likeness (QED) is 0.0963. The maximum atomic E-state index is 10.8. The van der Waals surface area contributed by atoms with Crippen LogP contribution < -0.4 is 9.46 Å². The van der Waals surface area contributed by atoms with Gasteiger partial charge in [-0.05, 0) is 11.1 Å². The van der Waals surface area contributed by atoms with Crippen molar-refractivity contribution in [2.45, 2.75) is 0 Å². The normalized spacial score (nSPS) is 7.33. The van der Waals surface area contributed by atoms with E-state index >= 15 is 0 Å². The number of aromatic nitrogens is 2. The van der Waals surface area contributed by atoms with Crippen molar-refractivity contribution in [2.24, 2.45) is 0 Å². The molecule has 15 nitrogen and oxygen atoms in total. The van der Waals surface area contributed by atoms with Crippen LogP contribution in [0.15, 0.2) is 49.1 Å². The molecule has 2 aromatic heterocycles. The first kappa shape index (κ1) is 49.8. The Kier molecular flexibility index (Phi) is 40.6. The van der Waals surface area contributed by atoms with Gasteiger partial charge in [-0.2, -0.15) is 9.46 Å². The molecule has 166 valence electrons. The van der Waals surface area contributed by atoms with Gasteiger partial charge >= 0.3 is 16.5 Å². The van der Waals surface area contributed by atoms with Gasteiger partial charge in [0.05, 0.1) is 0 Å². The van der Waals surface area contributed by atoms with Crippen molar-refractivity contribution in [3.8, 4) is 11.1 Å². The van der Waals surface area contributed by atoms with Gasteiger partial charge in [0.15, 0.2) is 24.8 Å². The number of hydrogen-bond donors (Lipinski definition) is 0. The van der Waals surface area contributed by atoms with E-state index in [1.165, 1.54) is 24.8 Å². The molecular weight excluding hydrogens is 447 g/mol. The molecule has 0 radical (unpaired) electrons. The van der Waals surface area contributed by atoms with E-state index in [1.54, 1.807) is 24.3 Å². The van der Waals surface area contributed by atoms with Crippen LogP contribution in [0.25, 0.3) is 11.1 Å². The zero-order valence-corrected chi connectivity index (χ0v) is 15.4. The Balaban J connectivity index is -0.0000000423. The fourth-order valence-electron chi connectivity index (χ4n) is 1.21. The van der Waals surface area contributed by atoms with E-state index in [0.717, 1.165) is 20.6 Å². The SMILES string of the molecule is O.O.O=S(=O)([O-])[O-].[Ni+2].[O-][n+]1ccc(-c2cc[n+]([O-])cc2)cc1.[OH3+].[OH3+].[OH3+].[OH3+].[OH3+]. The summed E-state index contributed by atoms with van der Waals surface area (Å²) in [5.41, 5.74) is 1.83. The molecule has 2 rings (SSSR count). The van der Waals surface area contributed by atoms with E-state index in [4.69, 9.17) is 17.5 Å². The average Bonchev–Trinajstić information content (AvgIpc) is 2.29. The molecule has 0 saturated heterocycles. The molecule has 0 spiro atoms. The molecule has 0 fully saturated rings. The van der Waals surface area contributed by atoms with E-state index < -0.39 is 10.4 Å². The molecule has 0 bridgehead atoms. The van der Waals surface area contributed by atoms with E-state index in [1.807, 2.05) is 0 Å². The minimum Gasteiger partial charge on any atom is -0.759 e. The van der Waals surface area contributed by atoms with E-state index in [0.29, 0.717) is 0 Å². The standard InChI is InChI=1S/C10H8N2O2.Ni.H2O4S.7H2O/c13-11-5-1-9(2-6-11)10-3-7-12(14)8-4-10;;1-5(2,3)4;;;;;;;/h1-8H;;(H2,1,2,3,4);7*1H2/q;+2;;;;;;;;/p+3. The molecule has 0 atom stereocenters. The van der Waals surface area contributed by atoms with Crippen LogP contribution in [0.2, 0.25) is 0 Å². The molecule has 27 heavy (non-hydrogen) atoms. The molecular formula is C10H27N2NiO13S+5. The van der Waals surface area contributed by atoms with Gasteiger partial charge in [0.2, 0.25) is 0 Å². The first-order chi connectivity index (χ1) is 8.75. The summed E-state index contributed by atoms with van der Waals surface area (Å²) in [5, 5.41) is 21.5. The Hall–Kier alpha value is -2.02. The zero-order valence-electron chi connectivity index (χ0n) is 13.6. The van der Waals surface area contributed by atoms with Crippen molar-refractivity contribution in [1.29, 1.82) is 0 Å². The molecule has 0 aliphatic carbocycles. The number of nitrogens with zero attached hydrogens (tertiary/aromatic N) is 2. The van der Waals surface area contributed by atoms with Crippen LogP contribution in [0.5, 0.6) is 0 Å². The molecule has 0 amide bonds. The Bertz CT molecular complexity index is 588. The maximum absolute atomic E-state index is 10.8. The summed E-state index contributed by atoms with van der Waals surface area (Å²) in [4.78, 5) is 0. The van der Waals surface area contributed by atoms with Gasteiger partial charge in [-0.25, -0.2) is 0 Å². The number of hydrogen-bond acceptors (Lipinski definition) is 6. The first-order valence-corrected chi connectivity index (χ1v) is 6.14. The third kappa shape index (κ3) is 24.0. The van der Waals surface area contributed by atoms with Gasteiger partial charge in [-0.15, -0.1) is 0 Å². The Morgan fingerprint density at radius 3 is 0.926 bits per heavy atom. The summed E-state index contributed by atoms with van der Waals surface area (Å²) < 4.78 is 35.5. The van der Waals surface area contributed by atoms with E-state index in [9.17, 15) is 10.4 Å². The second kappa shape index (κ2) is 22.0. The molecule has 0 aliphatic rings. The Labute approximate surface area is 163 Å². The van der Waals surface area contributed by atoms with Crippen LogP contribution in [0.1, 0.15) is 0 Å². The van der Waals surface area contributed by atoms with Crippen LogP contribution in [0.3, 0.4) is 0 Å². The van der Waals surface area contributed by atoms with Crippen molar-refractivity contribution in [3.63, 3.8) is 0 Å². The number of rotatable bonds is 1. The summed E-state index contributed by atoms with van der Waals surface area (Å²) in [6.45, 7) is 0. The van der Waals surface area contributed by atoms with Crippen molar-refractivity contribution >= 4 is 10.4 Å². The van der Waals surface area contributed by atoms with Crippen LogP contribution in [-0.2, 0) is 54.3 Å². The molecule has 2 heterocycles. The van der Waals surface area contributed by atoms with Crippen LogP contribution in [0.4, 0.5) is 0 Å². The van der Waals surface area contributed by atoms with Crippen LogP contribution in [0, 0.1) is 10.4 Å². The fourth-order valence-corrected chi connectivity index (χ4v) is 1.21. The van der Waals surface area contributed by atoms with Crippen LogP contribution in [-0.4, -0.2) is 28.5 Å². The van der Waals surface area contributed by atoms with E-state index in [-0.39, 0.29) is 54.8 Å². The molecule has 0 saturated carbocycles. The summed E-state index contributed by atoms with van der Waals surface area (Å²) in [7, 11) is -5.17. The Morgan fingerprint density at radius 2 is 0.778 bits per heavy atom. The molecule has 19 N–H and O–H groups in total. The van der Waals surface area contributed by atoms with Crippen molar-refractivity contribution in [3.05, 3.63) is 59.5 Å². The monoisotopic (exact) mass is 473 g/mol. The van der Waals surface area contributed by atoms with Gasteiger partial charge in [0.1, 0.15) is 0 Å². The molecule has 2 aromatic rings. The van der Waals surface area contributed by atoms with Gasteiger partial charge in [-0.3, -0.25) is 8.42 Å². The van der Waals surface area contributed by atoms with Gasteiger partial charge < -0.3 is 57.9 Å². The average molecular weight is 474 g/mol. The smallest absolute Gasteiger partial charge is 0.759 e. The summed E-state index contributed by atoms with van der Waals surface area (Å²) in [6, 6.07) is 6.82. The first-order valence-electron chi connectivity index (χ1n) is 4.80. The number of pyridine rings is 2. The Morgan fingerprint density at radius 1 is 0.630 bits per heavy atom. The van der Waals surface area contributed by atoms with Crippen molar-refractivity contribution in [1.82, 2.24) is 0 Å². The van der Waals surface area contributed by atoms with Crippen molar-refractivity contribution < 1.29 is 81.8 Å². The molecule has 0 aliphatic heterocycles. The summed E-state index contributed by atoms with van der Waals surface area (Å²) in [5.74, 6) is 0. The fraction of sp³-hybridized carbons (Fsp3) is 0.